The maximum Gasteiger partial charge on any atom is 0.235 e. The number of imidazole rings is 1. The van der Waals surface area contributed by atoms with Crippen molar-refractivity contribution in [1.82, 2.24) is 23.9 Å². The quantitative estimate of drug-likeness (QED) is 0.165. The standard InChI is InChI=1S/C53H33N5/c1-3-15-34(16-4-1)36-19-13-21-38(31-36)45-33-46(39-22-14-20-37(32-39)35-17-5-2-6-18-35)56-53(55-45)58-47-27-11-9-23-40(47)42-29-30-49-50(51(42)58)41-24-7-8-25-43(41)52-54-44-26-10-12-28-48(44)57(49)52/h1-33H. The van der Waals surface area contributed by atoms with Crippen LogP contribution in [0.1, 0.15) is 0 Å². The summed E-state index contributed by atoms with van der Waals surface area (Å²) < 4.78 is 4.61. The van der Waals surface area contributed by atoms with Gasteiger partial charge in [-0.3, -0.25) is 8.97 Å². The summed E-state index contributed by atoms with van der Waals surface area (Å²) in [5.74, 6) is 0.612. The van der Waals surface area contributed by atoms with Gasteiger partial charge in [-0.15, -0.1) is 0 Å². The van der Waals surface area contributed by atoms with Crippen molar-refractivity contribution in [3.05, 3.63) is 200 Å². The van der Waals surface area contributed by atoms with E-state index in [2.05, 4.69) is 209 Å². The Morgan fingerprint density at radius 3 is 1.53 bits per heavy atom. The second kappa shape index (κ2) is 12.8. The van der Waals surface area contributed by atoms with Crippen LogP contribution in [0.15, 0.2) is 200 Å². The number of hydrogen-bond acceptors (Lipinski definition) is 3. The third-order valence-electron chi connectivity index (χ3n) is 11.5. The summed E-state index contributed by atoms with van der Waals surface area (Å²) in [7, 11) is 0. The smallest absolute Gasteiger partial charge is 0.235 e. The van der Waals surface area contributed by atoms with Crippen molar-refractivity contribution in [3.63, 3.8) is 0 Å². The number of para-hydroxylation sites is 3. The number of nitrogens with zero attached hydrogens (tertiary/aromatic N) is 5. The molecule has 0 bridgehead atoms. The molecule has 12 aromatic rings. The van der Waals surface area contributed by atoms with Crippen LogP contribution in [-0.2, 0) is 0 Å². The summed E-state index contributed by atoms with van der Waals surface area (Å²) in [6.07, 6.45) is 0. The topological polar surface area (TPSA) is 48.0 Å². The largest absolute Gasteiger partial charge is 0.292 e. The van der Waals surface area contributed by atoms with Crippen LogP contribution < -0.4 is 0 Å². The monoisotopic (exact) mass is 739 g/mol. The Bertz CT molecular complexity index is 3460. The lowest BCUT2D eigenvalue weighted by Gasteiger charge is -2.15. The molecular weight excluding hydrogens is 707 g/mol. The zero-order chi connectivity index (χ0) is 38.2. The zero-order valence-electron chi connectivity index (χ0n) is 31.3. The molecule has 0 fully saturated rings. The second-order valence-corrected chi connectivity index (χ2v) is 14.8. The van der Waals surface area contributed by atoms with Gasteiger partial charge < -0.3 is 0 Å². The van der Waals surface area contributed by atoms with Crippen LogP contribution in [0.2, 0.25) is 0 Å². The highest BCUT2D eigenvalue weighted by molar-refractivity contribution is 6.27. The number of fused-ring (bicyclic) bond motifs is 12. The number of hydrogen-bond donors (Lipinski definition) is 0. The Labute approximate surface area is 333 Å². The summed E-state index contributed by atoms with van der Waals surface area (Å²) in [5.41, 5.74) is 14.5. The molecule has 0 atom stereocenters. The highest BCUT2D eigenvalue weighted by Gasteiger charge is 2.23. The van der Waals surface area contributed by atoms with Crippen molar-refractivity contribution >= 4 is 60.2 Å². The molecule has 270 valence electrons. The average molecular weight is 740 g/mol. The van der Waals surface area contributed by atoms with Crippen LogP contribution >= 0.6 is 0 Å². The first-order valence-electron chi connectivity index (χ1n) is 19.6. The van der Waals surface area contributed by atoms with Gasteiger partial charge in [-0.25, -0.2) is 15.0 Å². The van der Waals surface area contributed by atoms with Crippen LogP contribution in [0.25, 0.3) is 111 Å². The van der Waals surface area contributed by atoms with Gasteiger partial charge in [0.25, 0.3) is 0 Å². The van der Waals surface area contributed by atoms with Crippen molar-refractivity contribution in [1.29, 1.82) is 0 Å². The maximum absolute atomic E-state index is 5.51. The summed E-state index contributed by atoms with van der Waals surface area (Å²) in [6, 6.07) is 70.7. The molecule has 4 aromatic heterocycles. The van der Waals surface area contributed by atoms with Gasteiger partial charge in [0, 0.05) is 32.7 Å². The molecule has 0 unspecified atom stereocenters. The number of rotatable bonds is 5. The molecule has 0 amide bonds. The highest BCUT2D eigenvalue weighted by atomic mass is 15.2. The highest BCUT2D eigenvalue weighted by Crippen LogP contribution is 2.42. The third kappa shape index (κ3) is 5.00. The normalized spacial score (nSPS) is 11.8. The van der Waals surface area contributed by atoms with Crippen molar-refractivity contribution < 1.29 is 0 Å². The lowest BCUT2D eigenvalue weighted by Crippen LogP contribution is -2.05. The fourth-order valence-corrected chi connectivity index (χ4v) is 8.86. The van der Waals surface area contributed by atoms with E-state index in [0.29, 0.717) is 5.95 Å². The molecule has 0 aliphatic rings. The van der Waals surface area contributed by atoms with Gasteiger partial charge in [-0.05, 0) is 70.1 Å². The van der Waals surface area contributed by atoms with Crippen LogP contribution in [0.5, 0.6) is 0 Å². The van der Waals surface area contributed by atoms with E-state index < -0.39 is 0 Å². The fraction of sp³-hybridized carbons (Fsp3) is 0. The molecule has 0 saturated heterocycles. The van der Waals surface area contributed by atoms with E-state index in [1.165, 1.54) is 0 Å². The maximum atomic E-state index is 5.51. The van der Waals surface area contributed by atoms with Crippen molar-refractivity contribution in [2.75, 3.05) is 0 Å². The van der Waals surface area contributed by atoms with Gasteiger partial charge in [0.15, 0.2) is 0 Å². The van der Waals surface area contributed by atoms with Gasteiger partial charge in [-0.1, -0.05) is 158 Å². The van der Waals surface area contributed by atoms with Gasteiger partial charge >= 0.3 is 0 Å². The molecule has 12 rings (SSSR count). The Morgan fingerprint density at radius 1 is 0.328 bits per heavy atom. The molecule has 0 saturated carbocycles. The van der Waals surface area contributed by atoms with Crippen molar-refractivity contribution in [2.24, 2.45) is 0 Å². The molecule has 0 aliphatic heterocycles. The van der Waals surface area contributed by atoms with Gasteiger partial charge in [0.2, 0.25) is 5.95 Å². The molecule has 0 aliphatic carbocycles. The molecule has 0 radical (unpaired) electrons. The van der Waals surface area contributed by atoms with Crippen molar-refractivity contribution in [2.45, 2.75) is 0 Å². The SMILES string of the molecule is c1ccc(-c2cccc(-c3cc(-c4cccc(-c5ccccc5)c4)nc(-n4c5ccccc5c5ccc6c(c7ccccc7c7nc8ccccc8n67)c54)n3)c2)cc1. The van der Waals surface area contributed by atoms with Crippen molar-refractivity contribution in [3.8, 4) is 50.7 Å². The molecule has 5 nitrogen and oxygen atoms in total. The Hall–Kier alpha value is -7.89. The molecule has 5 heteroatoms. The van der Waals surface area contributed by atoms with E-state index in [0.717, 1.165) is 105 Å². The van der Waals surface area contributed by atoms with Crippen LogP contribution in [0, 0.1) is 0 Å². The van der Waals surface area contributed by atoms with E-state index in [1.807, 2.05) is 0 Å². The molecule has 0 N–H and O–H groups in total. The molecular formula is C53H33N5. The number of pyridine rings is 1. The van der Waals surface area contributed by atoms with E-state index in [-0.39, 0.29) is 0 Å². The van der Waals surface area contributed by atoms with Gasteiger partial charge in [-0.2, -0.15) is 0 Å². The summed E-state index contributed by atoms with van der Waals surface area (Å²) in [5, 5.41) is 5.66. The van der Waals surface area contributed by atoms with E-state index in [9.17, 15) is 0 Å². The first-order chi connectivity index (χ1) is 28.8. The average Bonchev–Trinajstić information content (AvgIpc) is 3.86. The predicted octanol–water partition coefficient (Wildman–Crippen LogP) is 13.3. The van der Waals surface area contributed by atoms with E-state index >= 15 is 0 Å². The predicted molar refractivity (Wildman–Crippen MR) is 239 cm³/mol. The lowest BCUT2D eigenvalue weighted by molar-refractivity contribution is 0.998. The lowest BCUT2D eigenvalue weighted by atomic mass is 9.99. The Balaban J connectivity index is 1.20. The van der Waals surface area contributed by atoms with Crippen LogP contribution in [0.4, 0.5) is 0 Å². The first kappa shape index (κ1) is 32.4. The summed E-state index contributed by atoms with van der Waals surface area (Å²) in [6.45, 7) is 0. The molecule has 8 aromatic carbocycles. The third-order valence-corrected chi connectivity index (χ3v) is 11.5. The molecule has 0 spiro atoms. The first-order valence-corrected chi connectivity index (χ1v) is 19.6. The molecule has 58 heavy (non-hydrogen) atoms. The fourth-order valence-electron chi connectivity index (χ4n) is 8.86. The summed E-state index contributed by atoms with van der Waals surface area (Å²) in [4.78, 5) is 16.2. The summed E-state index contributed by atoms with van der Waals surface area (Å²) >= 11 is 0. The minimum Gasteiger partial charge on any atom is -0.292 e. The van der Waals surface area contributed by atoms with E-state index in [1.54, 1.807) is 0 Å². The zero-order valence-corrected chi connectivity index (χ0v) is 31.3. The Morgan fingerprint density at radius 2 is 0.862 bits per heavy atom. The van der Waals surface area contributed by atoms with Crippen LogP contribution in [-0.4, -0.2) is 23.9 Å². The van der Waals surface area contributed by atoms with E-state index in [4.69, 9.17) is 15.0 Å². The number of benzene rings is 8. The Kier molecular flexibility index (Phi) is 7.16. The minimum absolute atomic E-state index is 0.612. The molecule has 4 heterocycles. The minimum atomic E-state index is 0.612. The van der Waals surface area contributed by atoms with Gasteiger partial charge in [0.05, 0.1) is 39.0 Å². The van der Waals surface area contributed by atoms with Gasteiger partial charge in [0.1, 0.15) is 5.65 Å². The number of aromatic nitrogens is 5. The van der Waals surface area contributed by atoms with Crippen LogP contribution in [0.3, 0.4) is 0 Å². The second-order valence-electron chi connectivity index (χ2n) is 14.8.